The summed E-state index contributed by atoms with van der Waals surface area (Å²) in [6.07, 6.45) is 5.45. The van der Waals surface area contributed by atoms with Crippen LogP contribution in [0.4, 0.5) is 0 Å². The molecule has 0 aromatic rings. The molecule has 0 aliphatic carbocycles. The van der Waals surface area contributed by atoms with Crippen molar-refractivity contribution in [2.75, 3.05) is 0 Å². The molecule has 0 atom stereocenters. The molecule has 1 N–H and O–H groups in total. The van der Waals surface area contributed by atoms with Gasteiger partial charge in [0.25, 0.3) is 0 Å². The van der Waals surface area contributed by atoms with E-state index in [4.69, 9.17) is 0 Å². The summed E-state index contributed by atoms with van der Waals surface area (Å²) < 4.78 is 0. The molecule has 0 unspecified atom stereocenters. The fourth-order valence-electron chi connectivity index (χ4n) is 0.911. The largest absolute Gasteiger partial charge is 0.390 e. The monoisotopic (exact) mass is 143 g/mol. The molecule has 0 aromatic heterocycles. The molecule has 0 fully saturated rings. The van der Waals surface area contributed by atoms with E-state index < -0.39 is 5.60 Å². The summed E-state index contributed by atoms with van der Waals surface area (Å²) in [5.41, 5.74) is -0.471. The molecule has 0 saturated heterocycles. The van der Waals surface area contributed by atoms with E-state index in [2.05, 4.69) is 6.92 Å². The minimum absolute atomic E-state index is 0.471. The van der Waals surface area contributed by atoms with Gasteiger partial charge in [-0.1, -0.05) is 32.6 Å². The Labute approximate surface area is 64.5 Å². The van der Waals surface area contributed by atoms with Gasteiger partial charge in [0, 0.05) is 0 Å². The van der Waals surface area contributed by atoms with Crippen LogP contribution in [0.15, 0.2) is 0 Å². The zero-order valence-electron chi connectivity index (χ0n) is 7.19. The molecule has 0 bridgehead atoms. The lowest BCUT2D eigenvalue weighted by Crippen LogP contribution is -2.17. The summed E-state index contributed by atoms with van der Waals surface area (Å²) in [4.78, 5) is 0. The third-order valence-corrected chi connectivity index (χ3v) is 1.54. The van der Waals surface area contributed by atoms with Crippen LogP contribution in [0, 0.1) is 6.92 Å². The van der Waals surface area contributed by atoms with Crippen LogP contribution in [0.5, 0.6) is 0 Å². The van der Waals surface area contributed by atoms with Crippen molar-refractivity contribution >= 4 is 0 Å². The average molecular weight is 143 g/mol. The fraction of sp³-hybridized carbons (Fsp3) is 0.889. The van der Waals surface area contributed by atoms with Gasteiger partial charge >= 0.3 is 0 Å². The van der Waals surface area contributed by atoms with Crippen LogP contribution >= 0.6 is 0 Å². The van der Waals surface area contributed by atoms with E-state index >= 15 is 0 Å². The zero-order valence-corrected chi connectivity index (χ0v) is 7.19. The maximum Gasteiger partial charge on any atom is 0.0591 e. The van der Waals surface area contributed by atoms with Gasteiger partial charge in [0.05, 0.1) is 5.60 Å². The molecule has 1 heteroatoms. The highest BCUT2D eigenvalue weighted by Gasteiger charge is 2.10. The minimum Gasteiger partial charge on any atom is -0.390 e. The van der Waals surface area contributed by atoms with Crippen LogP contribution in [0.3, 0.4) is 0 Å². The molecule has 0 aromatic carbocycles. The number of hydrogen-bond acceptors (Lipinski definition) is 1. The molecule has 61 valence electrons. The van der Waals surface area contributed by atoms with E-state index in [1.54, 1.807) is 0 Å². The van der Waals surface area contributed by atoms with Gasteiger partial charge in [-0.25, -0.2) is 0 Å². The summed E-state index contributed by atoms with van der Waals surface area (Å²) in [5.74, 6) is 0. The predicted molar refractivity (Wildman–Crippen MR) is 44.7 cm³/mol. The summed E-state index contributed by atoms with van der Waals surface area (Å²) in [6, 6.07) is 0. The molecule has 0 aliphatic heterocycles. The third kappa shape index (κ3) is 7.96. The molecule has 0 rings (SSSR count). The predicted octanol–water partition coefficient (Wildman–Crippen LogP) is 2.54. The van der Waals surface area contributed by atoms with Crippen molar-refractivity contribution in [3.8, 4) is 0 Å². The van der Waals surface area contributed by atoms with E-state index in [9.17, 15) is 5.11 Å². The Morgan fingerprint density at radius 2 is 1.80 bits per heavy atom. The molecule has 0 spiro atoms. The highest BCUT2D eigenvalue weighted by molar-refractivity contribution is 4.64. The van der Waals surface area contributed by atoms with Crippen molar-refractivity contribution in [2.45, 2.75) is 51.6 Å². The zero-order chi connectivity index (χ0) is 8.04. The molecule has 0 aliphatic rings. The fourth-order valence-corrected chi connectivity index (χ4v) is 0.911. The van der Waals surface area contributed by atoms with Crippen LogP contribution in [0.25, 0.3) is 0 Å². The van der Waals surface area contributed by atoms with Crippen molar-refractivity contribution < 1.29 is 5.11 Å². The third-order valence-electron chi connectivity index (χ3n) is 1.54. The molecule has 1 radical (unpaired) electrons. The number of unbranched alkanes of at least 4 members (excludes halogenated alkanes) is 3. The van der Waals surface area contributed by atoms with Crippen LogP contribution < -0.4 is 0 Å². The van der Waals surface area contributed by atoms with Gasteiger partial charge in [0.2, 0.25) is 0 Å². The Hall–Kier alpha value is -0.0400. The van der Waals surface area contributed by atoms with Gasteiger partial charge in [-0.2, -0.15) is 0 Å². The summed E-state index contributed by atoms with van der Waals surface area (Å²) in [7, 11) is 0. The highest BCUT2D eigenvalue weighted by Crippen LogP contribution is 2.13. The Morgan fingerprint density at radius 1 is 1.20 bits per heavy atom. The molecule has 1 nitrogen and oxygen atoms in total. The Kier molecular flexibility index (Phi) is 4.71. The maximum atomic E-state index is 9.30. The standard InChI is InChI=1S/C9H19O/c1-4-5-6-7-8-9(2,3)10/h10H,1,4-8H2,2-3H3. The second kappa shape index (κ2) is 4.73. The number of rotatable bonds is 5. The van der Waals surface area contributed by atoms with Gasteiger partial charge in [-0.05, 0) is 20.3 Å². The van der Waals surface area contributed by atoms with Gasteiger partial charge in [0.1, 0.15) is 0 Å². The van der Waals surface area contributed by atoms with Crippen LogP contribution in [0.2, 0.25) is 0 Å². The SMILES string of the molecule is [CH2]CCCCCC(C)(C)O. The quantitative estimate of drug-likeness (QED) is 0.586. The first-order valence-corrected chi connectivity index (χ1v) is 4.08. The number of hydrogen-bond donors (Lipinski definition) is 1. The summed E-state index contributed by atoms with van der Waals surface area (Å²) in [6.45, 7) is 7.47. The van der Waals surface area contributed by atoms with Gasteiger partial charge in [-0.15, -0.1) is 0 Å². The van der Waals surface area contributed by atoms with E-state index in [0.717, 1.165) is 19.3 Å². The Morgan fingerprint density at radius 3 is 2.20 bits per heavy atom. The number of aliphatic hydroxyl groups is 1. The van der Waals surface area contributed by atoms with E-state index in [0.29, 0.717) is 0 Å². The van der Waals surface area contributed by atoms with Crippen molar-refractivity contribution in [3.63, 3.8) is 0 Å². The minimum atomic E-state index is -0.471. The lowest BCUT2D eigenvalue weighted by molar-refractivity contribution is 0.0681. The van der Waals surface area contributed by atoms with E-state index in [-0.39, 0.29) is 0 Å². The Balaban J connectivity index is 3.04. The van der Waals surface area contributed by atoms with E-state index in [1.807, 2.05) is 13.8 Å². The molecule has 10 heavy (non-hydrogen) atoms. The van der Waals surface area contributed by atoms with E-state index in [1.165, 1.54) is 12.8 Å². The Bertz CT molecular complexity index is 71.3. The maximum absolute atomic E-state index is 9.30. The first-order chi connectivity index (χ1) is 4.56. The van der Waals surface area contributed by atoms with Crippen molar-refractivity contribution in [1.82, 2.24) is 0 Å². The first kappa shape index (κ1) is 9.96. The smallest absolute Gasteiger partial charge is 0.0591 e. The lowest BCUT2D eigenvalue weighted by atomic mass is 10.0. The summed E-state index contributed by atoms with van der Waals surface area (Å²) >= 11 is 0. The van der Waals surface area contributed by atoms with Crippen molar-refractivity contribution in [1.29, 1.82) is 0 Å². The summed E-state index contributed by atoms with van der Waals surface area (Å²) in [5, 5.41) is 9.30. The normalized spacial score (nSPS) is 12.0. The molecule has 0 saturated carbocycles. The van der Waals surface area contributed by atoms with Crippen LogP contribution in [-0.2, 0) is 0 Å². The molecular formula is C9H19O. The highest BCUT2D eigenvalue weighted by atomic mass is 16.3. The second-order valence-corrected chi connectivity index (χ2v) is 3.48. The van der Waals surface area contributed by atoms with Crippen molar-refractivity contribution in [2.24, 2.45) is 0 Å². The topological polar surface area (TPSA) is 20.2 Å². The second-order valence-electron chi connectivity index (χ2n) is 3.48. The lowest BCUT2D eigenvalue weighted by Gasteiger charge is -2.15. The average Bonchev–Trinajstić information content (AvgIpc) is 1.78. The van der Waals surface area contributed by atoms with Crippen LogP contribution in [0.1, 0.15) is 46.0 Å². The molecule has 0 amide bonds. The van der Waals surface area contributed by atoms with Crippen LogP contribution in [-0.4, -0.2) is 10.7 Å². The van der Waals surface area contributed by atoms with Gasteiger partial charge in [0.15, 0.2) is 0 Å². The first-order valence-electron chi connectivity index (χ1n) is 4.08. The van der Waals surface area contributed by atoms with Crippen molar-refractivity contribution in [3.05, 3.63) is 6.92 Å². The molecular weight excluding hydrogens is 124 g/mol. The van der Waals surface area contributed by atoms with Gasteiger partial charge in [-0.3, -0.25) is 0 Å². The van der Waals surface area contributed by atoms with Gasteiger partial charge < -0.3 is 5.11 Å². The molecule has 0 heterocycles.